The first kappa shape index (κ1) is 15.8. The molecule has 0 aliphatic rings. The van der Waals surface area contributed by atoms with Crippen LogP contribution in [0.3, 0.4) is 0 Å². The Kier molecular flexibility index (Phi) is 14.5. The van der Waals surface area contributed by atoms with Gasteiger partial charge in [0.05, 0.1) is 0 Å². The van der Waals surface area contributed by atoms with Gasteiger partial charge in [-0.05, 0) is 6.42 Å². The standard InChI is InChI=1S/C10H28N6/c1-2-3-4-5-6-7-8-9-10-12-14-16-15-13-11/h12-16H,2-11H2,1H3. The summed E-state index contributed by atoms with van der Waals surface area (Å²) in [5.41, 5.74) is 13.1. The van der Waals surface area contributed by atoms with Crippen molar-refractivity contribution in [3.05, 3.63) is 0 Å². The van der Waals surface area contributed by atoms with Crippen LogP contribution in [0, 0.1) is 0 Å². The molecule has 0 aromatic carbocycles. The smallest absolute Gasteiger partial charge is 0.0113 e. The molecule has 98 valence electrons. The molecule has 0 atom stereocenters. The van der Waals surface area contributed by atoms with Crippen LogP contribution in [-0.2, 0) is 0 Å². The lowest BCUT2D eigenvalue weighted by Gasteiger charge is -2.08. The molecule has 0 saturated heterocycles. The summed E-state index contributed by atoms with van der Waals surface area (Å²) < 4.78 is 0. The molecule has 0 saturated carbocycles. The summed E-state index contributed by atoms with van der Waals surface area (Å²) in [7, 11) is 0. The van der Waals surface area contributed by atoms with E-state index in [1.54, 1.807) is 0 Å². The molecule has 6 heteroatoms. The largest absolute Gasteiger partial charge is 0.257 e. The van der Waals surface area contributed by atoms with Crippen LogP contribution in [0.2, 0.25) is 0 Å². The van der Waals surface area contributed by atoms with E-state index >= 15 is 0 Å². The summed E-state index contributed by atoms with van der Waals surface area (Å²) in [5.74, 6) is 4.97. The predicted molar refractivity (Wildman–Crippen MR) is 67.3 cm³/mol. The molecular weight excluding hydrogens is 204 g/mol. The molecule has 16 heavy (non-hydrogen) atoms. The van der Waals surface area contributed by atoms with Crippen LogP contribution in [0.1, 0.15) is 58.3 Å². The Bertz CT molecular complexity index is 108. The lowest BCUT2D eigenvalue weighted by Crippen LogP contribution is -2.57. The zero-order valence-electron chi connectivity index (χ0n) is 10.4. The second kappa shape index (κ2) is 14.8. The number of hydrogen-bond donors (Lipinski definition) is 6. The molecule has 0 bridgehead atoms. The second-order valence-electron chi connectivity index (χ2n) is 3.92. The fraction of sp³-hybridized carbons (Fsp3) is 1.00. The third kappa shape index (κ3) is 13.8. The normalized spacial score (nSPS) is 10.9. The fourth-order valence-corrected chi connectivity index (χ4v) is 1.52. The number of unbranched alkanes of at least 4 members (excludes halogenated alkanes) is 7. The number of rotatable bonds is 13. The Balaban J connectivity index is 2.83. The number of nitrogens with two attached hydrogens (primary N) is 1. The van der Waals surface area contributed by atoms with Gasteiger partial charge in [0.15, 0.2) is 0 Å². The van der Waals surface area contributed by atoms with Crippen molar-refractivity contribution in [3.8, 4) is 0 Å². The molecule has 6 nitrogen and oxygen atoms in total. The average molecular weight is 232 g/mol. The van der Waals surface area contributed by atoms with Crippen LogP contribution in [0.15, 0.2) is 0 Å². The maximum Gasteiger partial charge on any atom is 0.0113 e. The number of hydrazine groups is 5. The fourth-order valence-electron chi connectivity index (χ4n) is 1.52. The third-order valence-corrected chi connectivity index (χ3v) is 2.44. The monoisotopic (exact) mass is 232 g/mol. The highest BCUT2D eigenvalue weighted by molar-refractivity contribution is 4.47. The van der Waals surface area contributed by atoms with Gasteiger partial charge >= 0.3 is 0 Å². The summed E-state index contributed by atoms with van der Waals surface area (Å²) in [6.07, 6.45) is 10.7. The molecule has 0 aliphatic heterocycles. The Morgan fingerprint density at radius 3 is 2.00 bits per heavy atom. The Morgan fingerprint density at radius 1 is 0.750 bits per heavy atom. The molecule has 0 rings (SSSR count). The Hall–Kier alpha value is -0.240. The van der Waals surface area contributed by atoms with E-state index in [1.165, 1.54) is 51.4 Å². The number of nitrogens with one attached hydrogen (secondary N) is 5. The van der Waals surface area contributed by atoms with Gasteiger partial charge in [0.25, 0.3) is 0 Å². The molecule has 0 aliphatic carbocycles. The van der Waals surface area contributed by atoms with Crippen molar-refractivity contribution in [2.24, 2.45) is 5.84 Å². The summed E-state index contributed by atoms with van der Waals surface area (Å²) in [5, 5.41) is 0. The van der Waals surface area contributed by atoms with E-state index in [2.05, 4.69) is 34.5 Å². The molecule has 0 heterocycles. The van der Waals surface area contributed by atoms with Crippen LogP contribution in [0.25, 0.3) is 0 Å². The maximum atomic E-state index is 4.97. The van der Waals surface area contributed by atoms with Gasteiger partial charge in [-0.15, -0.1) is 0 Å². The van der Waals surface area contributed by atoms with Gasteiger partial charge in [-0.3, -0.25) is 5.84 Å². The van der Waals surface area contributed by atoms with Crippen molar-refractivity contribution in [2.45, 2.75) is 58.3 Å². The molecule has 0 amide bonds. The summed E-state index contributed by atoms with van der Waals surface area (Å²) in [6.45, 7) is 3.20. The summed E-state index contributed by atoms with van der Waals surface area (Å²) in [6, 6.07) is 0. The Labute approximate surface area is 99.0 Å². The lowest BCUT2D eigenvalue weighted by molar-refractivity contribution is 0.326. The first-order valence-electron chi connectivity index (χ1n) is 6.35. The minimum atomic E-state index is 0.953. The highest BCUT2D eigenvalue weighted by Crippen LogP contribution is 2.07. The number of hydrogen-bond acceptors (Lipinski definition) is 6. The molecule has 0 aromatic rings. The first-order valence-corrected chi connectivity index (χ1v) is 6.35. The van der Waals surface area contributed by atoms with E-state index in [0.29, 0.717) is 0 Å². The van der Waals surface area contributed by atoms with Gasteiger partial charge in [0.2, 0.25) is 0 Å². The van der Waals surface area contributed by atoms with Gasteiger partial charge in [0, 0.05) is 6.54 Å². The van der Waals surface area contributed by atoms with Gasteiger partial charge in [-0.2, -0.15) is 22.1 Å². The minimum Gasteiger partial charge on any atom is -0.257 e. The highest BCUT2D eigenvalue weighted by Gasteiger charge is 1.91. The average Bonchev–Trinajstić information content (AvgIpc) is 2.31. The van der Waals surface area contributed by atoms with Gasteiger partial charge in [0.1, 0.15) is 0 Å². The zero-order valence-corrected chi connectivity index (χ0v) is 10.4. The van der Waals surface area contributed by atoms with Crippen molar-refractivity contribution in [1.29, 1.82) is 0 Å². The molecule has 0 aromatic heterocycles. The van der Waals surface area contributed by atoms with Crippen LogP contribution in [-0.4, -0.2) is 6.54 Å². The SMILES string of the molecule is CCCCCCCCCCNNNNNN. The summed E-state index contributed by atoms with van der Waals surface area (Å²) >= 11 is 0. The molecule has 7 N–H and O–H groups in total. The van der Waals surface area contributed by atoms with Crippen molar-refractivity contribution in [3.63, 3.8) is 0 Å². The molecule has 0 unspecified atom stereocenters. The Morgan fingerprint density at radius 2 is 1.38 bits per heavy atom. The third-order valence-electron chi connectivity index (χ3n) is 2.44. The quantitative estimate of drug-likeness (QED) is 0.158. The van der Waals surface area contributed by atoms with Crippen LogP contribution >= 0.6 is 0 Å². The molecule has 0 fully saturated rings. The van der Waals surface area contributed by atoms with Crippen molar-refractivity contribution >= 4 is 0 Å². The highest BCUT2D eigenvalue weighted by atomic mass is 15.8. The summed E-state index contributed by atoms with van der Waals surface area (Å²) in [4.78, 5) is 0. The van der Waals surface area contributed by atoms with E-state index in [4.69, 9.17) is 5.84 Å². The second-order valence-corrected chi connectivity index (χ2v) is 3.92. The van der Waals surface area contributed by atoms with E-state index in [0.717, 1.165) is 6.54 Å². The van der Waals surface area contributed by atoms with Crippen LogP contribution < -0.4 is 33.4 Å². The molecule has 0 radical (unpaired) electrons. The molecular formula is C10H28N6. The predicted octanol–water partition coefficient (Wildman–Crippen LogP) is 0.609. The van der Waals surface area contributed by atoms with Gasteiger partial charge < -0.3 is 0 Å². The van der Waals surface area contributed by atoms with Crippen LogP contribution in [0.4, 0.5) is 0 Å². The maximum absolute atomic E-state index is 4.97. The van der Waals surface area contributed by atoms with E-state index in [9.17, 15) is 0 Å². The van der Waals surface area contributed by atoms with Gasteiger partial charge in [-0.1, -0.05) is 51.9 Å². The molecule has 0 spiro atoms. The van der Waals surface area contributed by atoms with E-state index in [-0.39, 0.29) is 0 Å². The van der Waals surface area contributed by atoms with Crippen molar-refractivity contribution < 1.29 is 0 Å². The van der Waals surface area contributed by atoms with Gasteiger partial charge in [-0.25, -0.2) is 5.43 Å². The van der Waals surface area contributed by atoms with E-state index < -0.39 is 0 Å². The van der Waals surface area contributed by atoms with Crippen molar-refractivity contribution in [1.82, 2.24) is 27.6 Å². The minimum absolute atomic E-state index is 0.953. The lowest BCUT2D eigenvalue weighted by atomic mass is 10.1. The first-order chi connectivity index (χ1) is 7.91. The van der Waals surface area contributed by atoms with Crippen molar-refractivity contribution in [2.75, 3.05) is 6.54 Å². The van der Waals surface area contributed by atoms with E-state index in [1.807, 2.05) is 0 Å². The zero-order chi connectivity index (χ0) is 11.9. The topological polar surface area (TPSA) is 86.2 Å². The van der Waals surface area contributed by atoms with Crippen LogP contribution in [0.5, 0.6) is 0 Å².